The molecule has 2 fully saturated rings. The van der Waals surface area contributed by atoms with E-state index in [0.717, 1.165) is 11.8 Å². The van der Waals surface area contributed by atoms with E-state index in [2.05, 4.69) is 17.3 Å². The van der Waals surface area contributed by atoms with Gasteiger partial charge in [0.1, 0.15) is 0 Å². The number of hydrogen-bond acceptors (Lipinski definition) is 2. The van der Waals surface area contributed by atoms with Crippen molar-refractivity contribution < 1.29 is 0 Å². The molecule has 1 saturated heterocycles. The third-order valence-electron chi connectivity index (χ3n) is 4.85. The van der Waals surface area contributed by atoms with Gasteiger partial charge in [-0.15, -0.1) is 0 Å². The highest BCUT2D eigenvalue weighted by molar-refractivity contribution is 4.71. The van der Waals surface area contributed by atoms with Crippen molar-refractivity contribution >= 4 is 0 Å². The zero-order chi connectivity index (χ0) is 12.6. The molecule has 2 rings (SSSR count). The van der Waals surface area contributed by atoms with Gasteiger partial charge in [-0.2, -0.15) is 0 Å². The lowest BCUT2D eigenvalue weighted by atomic mass is 9.89. The average molecular weight is 252 g/mol. The van der Waals surface area contributed by atoms with Gasteiger partial charge in [-0.3, -0.25) is 0 Å². The van der Waals surface area contributed by atoms with Crippen LogP contribution in [0.3, 0.4) is 0 Å². The Kier molecular flexibility index (Phi) is 6.50. The van der Waals surface area contributed by atoms with E-state index in [1.54, 1.807) is 0 Å². The molecule has 0 aromatic heterocycles. The molecule has 0 bridgehead atoms. The van der Waals surface area contributed by atoms with Gasteiger partial charge < -0.3 is 10.2 Å². The molecule has 1 unspecified atom stereocenters. The van der Waals surface area contributed by atoms with Gasteiger partial charge in [0.05, 0.1) is 0 Å². The number of rotatable bonds is 6. The Bertz CT molecular complexity index is 205. The number of nitrogens with zero attached hydrogens (tertiary/aromatic N) is 1. The maximum atomic E-state index is 3.53. The summed E-state index contributed by atoms with van der Waals surface area (Å²) in [5.41, 5.74) is 0. The van der Waals surface area contributed by atoms with E-state index in [0.29, 0.717) is 0 Å². The predicted octanol–water partition coefficient (Wildman–Crippen LogP) is 3.28. The van der Waals surface area contributed by atoms with E-state index in [9.17, 15) is 0 Å². The minimum absolute atomic E-state index is 0.960. The first kappa shape index (κ1) is 14.3. The molecule has 1 saturated carbocycles. The summed E-state index contributed by atoms with van der Waals surface area (Å²) in [6, 6.07) is 0. The van der Waals surface area contributed by atoms with Crippen LogP contribution in [0.5, 0.6) is 0 Å². The second-order valence-corrected chi connectivity index (χ2v) is 6.62. The fourth-order valence-corrected chi connectivity index (χ4v) is 3.72. The minimum Gasteiger partial charge on any atom is -0.316 e. The number of nitrogens with one attached hydrogen (secondary N) is 1. The van der Waals surface area contributed by atoms with Gasteiger partial charge in [0.2, 0.25) is 0 Å². The largest absolute Gasteiger partial charge is 0.316 e. The molecule has 1 heterocycles. The van der Waals surface area contributed by atoms with Crippen molar-refractivity contribution in [1.82, 2.24) is 10.2 Å². The highest BCUT2D eigenvalue weighted by Gasteiger charge is 2.16. The SMILES string of the molecule is CN(CCCC1CCCNC1)CC1CCCCC1. The summed E-state index contributed by atoms with van der Waals surface area (Å²) in [6.07, 6.45) is 13.1. The topological polar surface area (TPSA) is 15.3 Å². The molecule has 2 nitrogen and oxygen atoms in total. The van der Waals surface area contributed by atoms with Crippen molar-refractivity contribution in [3.8, 4) is 0 Å². The van der Waals surface area contributed by atoms with Gasteiger partial charge in [0.15, 0.2) is 0 Å². The van der Waals surface area contributed by atoms with Crippen LogP contribution in [-0.4, -0.2) is 38.1 Å². The van der Waals surface area contributed by atoms with Crippen LogP contribution in [0.1, 0.15) is 57.8 Å². The minimum atomic E-state index is 0.960. The highest BCUT2D eigenvalue weighted by Crippen LogP contribution is 2.24. The lowest BCUT2D eigenvalue weighted by Gasteiger charge is -2.28. The van der Waals surface area contributed by atoms with Crippen molar-refractivity contribution in [2.75, 3.05) is 33.2 Å². The van der Waals surface area contributed by atoms with Crippen molar-refractivity contribution in [1.29, 1.82) is 0 Å². The van der Waals surface area contributed by atoms with Gasteiger partial charge in [-0.1, -0.05) is 19.3 Å². The molecule has 0 radical (unpaired) electrons. The quantitative estimate of drug-likeness (QED) is 0.780. The van der Waals surface area contributed by atoms with Crippen molar-refractivity contribution in [2.45, 2.75) is 57.8 Å². The molecule has 0 spiro atoms. The number of hydrogen-bond donors (Lipinski definition) is 1. The molecule has 1 N–H and O–H groups in total. The Labute approximate surface area is 114 Å². The van der Waals surface area contributed by atoms with Gasteiger partial charge in [0.25, 0.3) is 0 Å². The zero-order valence-corrected chi connectivity index (χ0v) is 12.3. The van der Waals surface area contributed by atoms with Crippen LogP contribution in [0.15, 0.2) is 0 Å². The van der Waals surface area contributed by atoms with Crippen molar-refractivity contribution in [3.05, 3.63) is 0 Å². The fraction of sp³-hybridized carbons (Fsp3) is 1.00. The third-order valence-corrected chi connectivity index (χ3v) is 4.85. The normalized spacial score (nSPS) is 26.7. The molecular weight excluding hydrogens is 220 g/mol. The summed E-state index contributed by atoms with van der Waals surface area (Å²) in [7, 11) is 2.33. The molecule has 2 aliphatic rings. The van der Waals surface area contributed by atoms with E-state index in [1.165, 1.54) is 84.0 Å². The first-order valence-electron chi connectivity index (χ1n) is 8.24. The van der Waals surface area contributed by atoms with E-state index >= 15 is 0 Å². The molecule has 1 aliphatic carbocycles. The van der Waals surface area contributed by atoms with E-state index in [4.69, 9.17) is 0 Å². The first-order chi connectivity index (χ1) is 8.84. The average Bonchev–Trinajstić information content (AvgIpc) is 2.41. The molecule has 1 aliphatic heterocycles. The Morgan fingerprint density at radius 2 is 1.78 bits per heavy atom. The summed E-state index contributed by atoms with van der Waals surface area (Å²) in [4.78, 5) is 2.59. The maximum Gasteiger partial charge on any atom is 0.000661 e. The lowest BCUT2D eigenvalue weighted by molar-refractivity contribution is 0.224. The summed E-state index contributed by atoms with van der Waals surface area (Å²) >= 11 is 0. The molecule has 18 heavy (non-hydrogen) atoms. The Morgan fingerprint density at radius 1 is 1.00 bits per heavy atom. The molecule has 0 aromatic carbocycles. The lowest BCUT2D eigenvalue weighted by Crippen LogP contribution is -2.31. The summed E-state index contributed by atoms with van der Waals surface area (Å²) in [6.45, 7) is 5.18. The fourth-order valence-electron chi connectivity index (χ4n) is 3.72. The van der Waals surface area contributed by atoms with Crippen LogP contribution in [0.4, 0.5) is 0 Å². The Hall–Kier alpha value is -0.0800. The van der Waals surface area contributed by atoms with E-state index in [-0.39, 0.29) is 0 Å². The van der Waals surface area contributed by atoms with Crippen LogP contribution in [-0.2, 0) is 0 Å². The van der Waals surface area contributed by atoms with Gasteiger partial charge in [-0.05, 0) is 77.0 Å². The second-order valence-electron chi connectivity index (χ2n) is 6.62. The van der Waals surface area contributed by atoms with E-state index < -0.39 is 0 Å². The van der Waals surface area contributed by atoms with Crippen LogP contribution in [0.25, 0.3) is 0 Å². The van der Waals surface area contributed by atoms with Crippen molar-refractivity contribution in [2.24, 2.45) is 11.8 Å². The molecule has 2 heteroatoms. The second kappa shape index (κ2) is 8.16. The predicted molar refractivity (Wildman–Crippen MR) is 78.9 cm³/mol. The molecule has 0 amide bonds. The molecular formula is C16H32N2. The standard InChI is InChI=1S/C16H32N2/c1-18(14-16-7-3-2-4-8-16)12-6-10-15-9-5-11-17-13-15/h15-17H,2-14H2,1H3. The molecule has 0 aromatic rings. The molecule has 106 valence electrons. The van der Waals surface area contributed by atoms with Crippen LogP contribution >= 0.6 is 0 Å². The molecule has 1 atom stereocenters. The van der Waals surface area contributed by atoms with E-state index in [1.807, 2.05) is 0 Å². The van der Waals surface area contributed by atoms with Gasteiger partial charge in [0, 0.05) is 6.54 Å². The summed E-state index contributed by atoms with van der Waals surface area (Å²) in [5, 5.41) is 3.53. The van der Waals surface area contributed by atoms with Gasteiger partial charge >= 0.3 is 0 Å². The van der Waals surface area contributed by atoms with Crippen LogP contribution < -0.4 is 5.32 Å². The zero-order valence-electron chi connectivity index (χ0n) is 12.3. The summed E-state index contributed by atoms with van der Waals surface area (Å²) in [5.74, 6) is 1.96. The Balaban J connectivity index is 1.52. The maximum absolute atomic E-state index is 3.53. The first-order valence-corrected chi connectivity index (χ1v) is 8.24. The van der Waals surface area contributed by atoms with Crippen LogP contribution in [0.2, 0.25) is 0 Å². The Morgan fingerprint density at radius 3 is 2.50 bits per heavy atom. The monoisotopic (exact) mass is 252 g/mol. The number of piperidine rings is 1. The van der Waals surface area contributed by atoms with Crippen molar-refractivity contribution in [3.63, 3.8) is 0 Å². The smallest absolute Gasteiger partial charge is 0.000661 e. The highest BCUT2D eigenvalue weighted by atomic mass is 15.1. The third kappa shape index (κ3) is 5.27. The summed E-state index contributed by atoms with van der Waals surface area (Å²) < 4.78 is 0. The van der Waals surface area contributed by atoms with Crippen LogP contribution in [0, 0.1) is 11.8 Å². The van der Waals surface area contributed by atoms with Gasteiger partial charge in [-0.25, -0.2) is 0 Å².